The Kier molecular flexibility index (Phi) is 4.20. The van der Waals surface area contributed by atoms with E-state index < -0.39 is 0 Å². The molecule has 0 saturated carbocycles. The van der Waals surface area contributed by atoms with E-state index >= 15 is 0 Å². The van der Waals surface area contributed by atoms with E-state index in [9.17, 15) is 5.26 Å². The standard InChI is InChI=1S/C24H23N2O/c1-15(2)11-17-12-20-19-9-8-16(3)23(21-7-5-6-10-26(21)4)24(19)27-22(20)13-18(17)14-25/h5-10,12-13,15H,11H2,1-4H3/q+1. The van der Waals surface area contributed by atoms with Crippen molar-refractivity contribution >= 4 is 21.9 Å². The molecule has 0 bridgehead atoms. The summed E-state index contributed by atoms with van der Waals surface area (Å²) in [7, 11) is 2.05. The first-order valence-electron chi connectivity index (χ1n) is 9.33. The van der Waals surface area contributed by atoms with E-state index in [4.69, 9.17) is 4.42 Å². The van der Waals surface area contributed by atoms with Crippen molar-refractivity contribution in [3.05, 3.63) is 65.4 Å². The van der Waals surface area contributed by atoms with Crippen molar-refractivity contribution in [3.8, 4) is 17.3 Å². The van der Waals surface area contributed by atoms with Crippen LogP contribution >= 0.6 is 0 Å². The normalized spacial score (nSPS) is 11.4. The number of nitrogens with zero attached hydrogens (tertiary/aromatic N) is 2. The first-order chi connectivity index (χ1) is 13.0. The molecule has 4 rings (SSSR count). The van der Waals surface area contributed by atoms with Crippen LogP contribution in [0, 0.1) is 24.2 Å². The zero-order valence-electron chi connectivity index (χ0n) is 16.2. The van der Waals surface area contributed by atoms with Crippen molar-refractivity contribution in [1.82, 2.24) is 0 Å². The third kappa shape index (κ3) is 2.88. The minimum absolute atomic E-state index is 0.494. The second-order valence-electron chi connectivity index (χ2n) is 7.65. The second-order valence-corrected chi connectivity index (χ2v) is 7.65. The van der Waals surface area contributed by atoms with Gasteiger partial charge in [-0.1, -0.05) is 26.0 Å². The molecule has 27 heavy (non-hydrogen) atoms. The van der Waals surface area contributed by atoms with Crippen LogP contribution in [-0.4, -0.2) is 0 Å². The molecule has 0 amide bonds. The fraction of sp³-hybridized carbons (Fsp3) is 0.250. The van der Waals surface area contributed by atoms with Crippen molar-refractivity contribution in [3.63, 3.8) is 0 Å². The Balaban J connectivity index is 2.07. The molecule has 134 valence electrons. The summed E-state index contributed by atoms with van der Waals surface area (Å²) in [6.45, 7) is 6.46. The Labute approximate surface area is 159 Å². The van der Waals surface area contributed by atoms with Gasteiger partial charge in [0.15, 0.2) is 6.20 Å². The van der Waals surface area contributed by atoms with Gasteiger partial charge in [-0.05, 0) is 48.6 Å². The maximum Gasteiger partial charge on any atom is 0.216 e. The van der Waals surface area contributed by atoms with Gasteiger partial charge in [-0.25, -0.2) is 4.57 Å². The molecule has 0 saturated heterocycles. The Morgan fingerprint density at radius 1 is 1.11 bits per heavy atom. The fourth-order valence-electron chi connectivity index (χ4n) is 3.84. The number of hydrogen-bond acceptors (Lipinski definition) is 2. The van der Waals surface area contributed by atoms with Crippen LogP contribution < -0.4 is 4.57 Å². The molecular formula is C24H23N2O+. The number of nitriles is 1. The third-order valence-electron chi connectivity index (χ3n) is 5.13. The average molecular weight is 355 g/mol. The van der Waals surface area contributed by atoms with Gasteiger partial charge in [-0.2, -0.15) is 5.26 Å². The molecule has 2 heterocycles. The van der Waals surface area contributed by atoms with Crippen LogP contribution in [0.1, 0.15) is 30.5 Å². The van der Waals surface area contributed by atoms with E-state index in [2.05, 4.69) is 55.7 Å². The first kappa shape index (κ1) is 17.3. The molecule has 0 N–H and O–H groups in total. The van der Waals surface area contributed by atoms with Gasteiger partial charge >= 0.3 is 0 Å². The van der Waals surface area contributed by atoms with Gasteiger partial charge in [0.2, 0.25) is 5.69 Å². The lowest BCUT2D eigenvalue weighted by atomic mass is 9.95. The molecule has 0 unspecified atom stereocenters. The highest BCUT2D eigenvalue weighted by Crippen LogP contribution is 2.38. The summed E-state index contributed by atoms with van der Waals surface area (Å²) in [4.78, 5) is 0. The summed E-state index contributed by atoms with van der Waals surface area (Å²) in [5, 5.41) is 11.8. The topological polar surface area (TPSA) is 40.8 Å². The smallest absolute Gasteiger partial charge is 0.216 e. The predicted molar refractivity (Wildman–Crippen MR) is 108 cm³/mol. The molecule has 0 aliphatic rings. The van der Waals surface area contributed by atoms with Crippen molar-refractivity contribution in [2.45, 2.75) is 27.2 Å². The minimum Gasteiger partial charge on any atom is -0.455 e. The van der Waals surface area contributed by atoms with E-state index in [1.165, 1.54) is 5.56 Å². The summed E-state index contributed by atoms with van der Waals surface area (Å²) in [6, 6.07) is 16.8. The molecule has 3 nitrogen and oxygen atoms in total. The Bertz CT molecular complexity index is 1210. The largest absolute Gasteiger partial charge is 0.455 e. The third-order valence-corrected chi connectivity index (χ3v) is 5.13. The van der Waals surface area contributed by atoms with Crippen molar-refractivity contribution in [2.75, 3.05) is 0 Å². The van der Waals surface area contributed by atoms with Crippen LogP contribution in [-0.2, 0) is 13.5 Å². The summed E-state index contributed by atoms with van der Waals surface area (Å²) in [5.41, 5.74) is 6.86. The number of furan rings is 1. The minimum atomic E-state index is 0.494. The number of aryl methyl sites for hydroxylation is 2. The maximum atomic E-state index is 9.58. The van der Waals surface area contributed by atoms with Gasteiger partial charge in [0.25, 0.3) is 0 Å². The number of fused-ring (bicyclic) bond motifs is 3. The maximum absolute atomic E-state index is 9.58. The fourth-order valence-corrected chi connectivity index (χ4v) is 3.84. The van der Waals surface area contributed by atoms with E-state index in [0.717, 1.165) is 45.2 Å². The summed E-state index contributed by atoms with van der Waals surface area (Å²) in [6.07, 6.45) is 2.93. The van der Waals surface area contributed by atoms with Crippen LogP contribution in [0.2, 0.25) is 0 Å². The quantitative estimate of drug-likeness (QED) is 0.458. The monoisotopic (exact) mass is 355 g/mol. The molecule has 0 spiro atoms. The summed E-state index contributed by atoms with van der Waals surface area (Å²) < 4.78 is 8.42. The number of pyridine rings is 1. The highest BCUT2D eigenvalue weighted by molar-refractivity contribution is 6.10. The molecule has 4 aromatic rings. The van der Waals surface area contributed by atoms with Gasteiger partial charge in [0.1, 0.15) is 18.2 Å². The molecule has 0 aliphatic carbocycles. The van der Waals surface area contributed by atoms with Crippen LogP contribution in [0.15, 0.2) is 53.1 Å². The highest BCUT2D eigenvalue weighted by atomic mass is 16.3. The lowest BCUT2D eigenvalue weighted by Gasteiger charge is -2.07. The lowest BCUT2D eigenvalue weighted by Crippen LogP contribution is -2.30. The van der Waals surface area contributed by atoms with Crippen LogP contribution in [0.5, 0.6) is 0 Å². The van der Waals surface area contributed by atoms with E-state index in [-0.39, 0.29) is 0 Å². The van der Waals surface area contributed by atoms with Gasteiger partial charge < -0.3 is 4.42 Å². The first-order valence-corrected chi connectivity index (χ1v) is 9.33. The van der Waals surface area contributed by atoms with Crippen LogP contribution in [0.4, 0.5) is 0 Å². The molecule has 0 fully saturated rings. The van der Waals surface area contributed by atoms with Crippen LogP contribution in [0.3, 0.4) is 0 Å². The molecule has 0 radical (unpaired) electrons. The van der Waals surface area contributed by atoms with Gasteiger partial charge in [0.05, 0.1) is 17.2 Å². The Morgan fingerprint density at radius 3 is 2.63 bits per heavy atom. The molecule has 3 heteroatoms. The van der Waals surface area contributed by atoms with E-state index in [1.54, 1.807) is 0 Å². The highest BCUT2D eigenvalue weighted by Gasteiger charge is 2.21. The zero-order chi connectivity index (χ0) is 19.1. The van der Waals surface area contributed by atoms with Gasteiger partial charge in [-0.3, -0.25) is 0 Å². The second kappa shape index (κ2) is 6.55. The van der Waals surface area contributed by atoms with Gasteiger partial charge in [-0.15, -0.1) is 0 Å². The Hall–Kier alpha value is -3.12. The van der Waals surface area contributed by atoms with Crippen LogP contribution in [0.25, 0.3) is 33.2 Å². The van der Waals surface area contributed by atoms with E-state index in [1.807, 2.05) is 31.4 Å². The van der Waals surface area contributed by atoms with Crippen molar-refractivity contribution < 1.29 is 8.98 Å². The average Bonchev–Trinajstić information content (AvgIpc) is 2.99. The number of aromatic nitrogens is 1. The summed E-state index contributed by atoms with van der Waals surface area (Å²) >= 11 is 0. The molecule has 0 aliphatic heterocycles. The van der Waals surface area contributed by atoms with Crippen molar-refractivity contribution in [2.24, 2.45) is 13.0 Å². The molecular weight excluding hydrogens is 332 g/mol. The Morgan fingerprint density at radius 2 is 1.93 bits per heavy atom. The lowest BCUT2D eigenvalue weighted by molar-refractivity contribution is -0.660. The number of benzene rings is 2. The molecule has 0 atom stereocenters. The van der Waals surface area contributed by atoms with Gasteiger partial charge in [0, 0.05) is 22.9 Å². The van der Waals surface area contributed by atoms with E-state index in [0.29, 0.717) is 11.5 Å². The zero-order valence-corrected chi connectivity index (χ0v) is 16.2. The molecule has 2 aromatic heterocycles. The number of hydrogen-bond donors (Lipinski definition) is 0. The summed E-state index contributed by atoms with van der Waals surface area (Å²) in [5.74, 6) is 0.494. The predicted octanol–water partition coefficient (Wildman–Crippen LogP) is 5.46. The SMILES string of the molecule is Cc1ccc2c(oc3cc(C#N)c(CC(C)C)cc32)c1-c1cccc[n+]1C. The number of rotatable bonds is 3. The molecule has 2 aromatic carbocycles. The van der Waals surface area contributed by atoms with Crippen molar-refractivity contribution in [1.29, 1.82) is 5.26 Å².